The van der Waals surface area contributed by atoms with Gasteiger partial charge < -0.3 is 0 Å². The summed E-state index contributed by atoms with van der Waals surface area (Å²) < 4.78 is 0. The van der Waals surface area contributed by atoms with Gasteiger partial charge in [-0.3, -0.25) is 0 Å². The Kier molecular flexibility index (Phi) is 1.48. The van der Waals surface area contributed by atoms with E-state index in [1.54, 1.807) is 0 Å². The molecule has 0 saturated heterocycles. The molecule has 0 N–H and O–H groups in total. The van der Waals surface area contributed by atoms with Crippen LogP contribution < -0.4 is 0 Å². The van der Waals surface area contributed by atoms with Crippen LogP contribution in [0.5, 0.6) is 0 Å². The molecular weight excluding hydrogens is 117 g/mol. The van der Waals surface area contributed by atoms with Gasteiger partial charge in [0.1, 0.15) is 0 Å². The zero-order valence-corrected chi connectivity index (χ0v) is 5.34. The molecule has 1 rings (SSSR count). The van der Waals surface area contributed by atoms with Crippen LogP contribution in [0.15, 0.2) is 11.1 Å². The average Bonchev–Trinajstić information content (AvgIpc) is 1.76. The third kappa shape index (κ3) is 1.02. The maximum atomic E-state index is 2.29. The molecule has 0 saturated carbocycles. The third-order valence-corrected chi connectivity index (χ3v) is 5.06. The fraction of sp³-hybridized carbons (Fsp3) is 0. The minimum atomic E-state index is 1.09. The normalized spacial score (nSPS) is 12.8. The Morgan fingerprint density at radius 2 is 2.60 bits per heavy atom. The Morgan fingerprint density at radius 1 is 1.60 bits per heavy atom. The van der Waals surface area contributed by atoms with E-state index in [9.17, 15) is 0 Å². The second-order valence-electron chi connectivity index (χ2n) is 0.652. The van der Waals surface area contributed by atoms with Gasteiger partial charge >= 0.3 is 0 Å². The quantitative estimate of drug-likeness (QED) is 0.493. The van der Waals surface area contributed by atoms with Gasteiger partial charge in [0.05, 0.1) is 0 Å². The summed E-state index contributed by atoms with van der Waals surface area (Å²) in [6, 6.07) is 0. The zero-order valence-electron chi connectivity index (χ0n) is 2.55. The molecule has 1 heterocycles. The first-order valence-corrected chi connectivity index (χ1v) is 5.20. The lowest BCUT2D eigenvalue weighted by Gasteiger charge is -1.38. The monoisotopic (exact) mass is 120 g/mol. The van der Waals surface area contributed by atoms with Gasteiger partial charge in [-0.05, 0) is 11.1 Å². The lowest BCUT2D eigenvalue weighted by atomic mass is 11.9. The molecule has 0 nitrogen and oxygen atoms in total. The zero-order chi connectivity index (χ0) is 3.54. The van der Waals surface area contributed by atoms with E-state index in [-0.39, 0.29) is 0 Å². The summed E-state index contributed by atoms with van der Waals surface area (Å²) in [6.07, 6.45) is 0. The lowest BCUT2D eigenvalue weighted by Crippen LogP contribution is -0.872. The predicted octanol–water partition coefficient (Wildman–Crippen LogP) is 2.88. The van der Waals surface area contributed by atoms with Gasteiger partial charge in [0.2, 0.25) is 0 Å². The first kappa shape index (κ1) is 3.82. The topological polar surface area (TPSA) is 0 Å². The highest BCUT2D eigenvalue weighted by Gasteiger charge is 1.59. The van der Waals surface area contributed by atoms with Gasteiger partial charge in [0.25, 0.3) is 0 Å². The van der Waals surface area contributed by atoms with Crippen molar-refractivity contribution in [2.24, 2.45) is 0 Å². The molecule has 1 unspecified atom stereocenters. The summed E-state index contributed by atoms with van der Waals surface area (Å²) in [5.41, 5.74) is 4.56. The molecule has 5 heavy (non-hydrogen) atoms. The lowest BCUT2D eigenvalue weighted by molar-refractivity contribution is 2.88. The van der Waals surface area contributed by atoms with Crippen LogP contribution in [0.3, 0.4) is 0 Å². The Hall–Kier alpha value is 0.640. The fourth-order valence-electron chi connectivity index (χ4n) is 0.167. The van der Waals surface area contributed by atoms with E-state index in [0.717, 1.165) is 7.87 Å². The molecule has 0 aliphatic rings. The van der Waals surface area contributed by atoms with E-state index in [1.807, 2.05) is 0 Å². The molecule has 0 spiro atoms. The van der Waals surface area contributed by atoms with E-state index in [4.69, 9.17) is 0 Å². The fourth-order valence-corrected chi connectivity index (χ4v) is 4.50. The maximum Gasteiger partial charge on any atom is -0.00318 e. The third-order valence-electron chi connectivity index (χ3n) is 0.331. The minimum Gasteiger partial charge on any atom is -0.106 e. The number of rotatable bonds is 0. The van der Waals surface area contributed by atoms with Gasteiger partial charge in [-0.2, -0.15) is 0 Å². The van der Waals surface area contributed by atoms with Gasteiger partial charge in [-0.25, -0.2) is 0 Å². The van der Waals surface area contributed by atoms with Gasteiger partial charge in [0, 0.05) is 0 Å². The molecule has 0 aromatic carbocycles. The maximum absolute atomic E-state index is 2.29. The summed E-state index contributed by atoms with van der Waals surface area (Å²) in [5, 5.41) is 0. The van der Waals surface area contributed by atoms with Crippen molar-refractivity contribution >= 4 is 23.9 Å². The molecule has 1 atom stereocenters. The van der Waals surface area contributed by atoms with Crippen molar-refractivity contribution in [2.45, 2.75) is 0 Å². The minimum absolute atomic E-state index is 1.09. The van der Waals surface area contributed by atoms with E-state index < -0.39 is 0 Å². The standard InChI is InChI=1S/C2H3P3/c1-3-2-5-4-1/h1-2,4H. The summed E-state index contributed by atoms with van der Waals surface area (Å²) in [7, 11) is 4.06. The highest BCUT2D eigenvalue weighted by Crippen LogP contribution is 2.26. The second-order valence-corrected chi connectivity index (χ2v) is 4.97. The molecule has 0 aliphatic heterocycles. The summed E-state index contributed by atoms with van der Waals surface area (Å²) in [6.45, 7) is 0. The highest BCUT2D eigenvalue weighted by molar-refractivity contribution is 7.94. The molecule has 0 fully saturated rings. The summed E-state index contributed by atoms with van der Waals surface area (Å²) in [4.78, 5) is 0. The molecule has 3 heteroatoms. The smallest absolute Gasteiger partial charge is 0.00318 e. The average molecular weight is 120 g/mol. The largest absolute Gasteiger partial charge is 0.106 e. The van der Waals surface area contributed by atoms with Crippen LogP contribution in [0.25, 0.3) is 0 Å². The molecule has 0 amide bonds. The predicted molar refractivity (Wildman–Crippen MR) is 31.0 cm³/mol. The Labute approximate surface area is 35.8 Å². The van der Waals surface area contributed by atoms with Crippen LogP contribution >= 0.6 is 23.9 Å². The van der Waals surface area contributed by atoms with Gasteiger partial charge in [-0.15, -0.1) is 7.87 Å². The van der Waals surface area contributed by atoms with E-state index in [2.05, 4.69) is 11.1 Å². The number of hydrogen-bond donors (Lipinski definition) is 0. The molecule has 1 aromatic heterocycles. The van der Waals surface area contributed by atoms with Crippen molar-refractivity contribution in [1.82, 2.24) is 0 Å². The summed E-state index contributed by atoms with van der Waals surface area (Å²) >= 11 is 0. The van der Waals surface area contributed by atoms with Crippen molar-refractivity contribution in [3.8, 4) is 0 Å². The number of hydrogen-bond acceptors (Lipinski definition) is 0. The Bertz CT molecular complexity index is 61.4. The Morgan fingerprint density at radius 3 is 2.80 bits per heavy atom. The first-order chi connectivity index (χ1) is 2.50. The van der Waals surface area contributed by atoms with Crippen LogP contribution in [0.1, 0.15) is 0 Å². The van der Waals surface area contributed by atoms with E-state index in [0.29, 0.717) is 0 Å². The molecule has 26 valence electrons. The van der Waals surface area contributed by atoms with Crippen molar-refractivity contribution in [1.29, 1.82) is 0 Å². The SMILES string of the molecule is c1pc[pH]p1. The van der Waals surface area contributed by atoms with Crippen LogP contribution in [0.4, 0.5) is 0 Å². The molecule has 0 bridgehead atoms. The van der Waals surface area contributed by atoms with Crippen LogP contribution in [-0.4, -0.2) is 0 Å². The molecular formula is C2H3P3. The first-order valence-electron chi connectivity index (χ1n) is 1.29. The molecule has 1 aromatic rings. The van der Waals surface area contributed by atoms with Crippen LogP contribution in [0, 0.1) is 0 Å². The van der Waals surface area contributed by atoms with E-state index in [1.165, 1.54) is 16.1 Å². The van der Waals surface area contributed by atoms with Crippen molar-refractivity contribution < 1.29 is 0 Å². The van der Waals surface area contributed by atoms with E-state index >= 15 is 0 Å². The van der Waals surface area contributed by atoms with Crippen molar-refractivity contribution in [3.63, 3.8) is 0 Å². The van der Waals surface area contributed by atoms with Crippen LogP contribution in [-0.2, 0) is 0 Å². The highest BCUT2D eigenvalue weighted by atomic mass is 31.8. The van der Waals surface area contributed by atoms with Crippen LogP contribution in [0.2, 0.25) is 0 Å². The van der Waals surface area contributed by atoms with Crippen molar-refractivity contribution in [3.05, 3.63) is 11.1 Å². The second kappa shape index (κ2) is 1.93. The summed E-state index contributed by atoms with van der Waals surface area (Å²) in [5.74, 6) is 0. The Balaban J connectivity index is 3.13. The van der Waals surface area contributed by atoms with Crippen molar-refractivity contribution in [2.75, 3.05) is 0 Å². The molecule has 0 radical (unpaired) electrons. The molecule has 0 aliphatic carbocycles. The van der Waals surface area contributed by atoms with Gasteiger partial charge in [0.15, 0.2) is 0 Å². The van der Waals surface area contributed by atoms with Gasteiger partial charge in [-0.1, -0.05) is 16.1 Å².